The van der Waals surface area contributed by atoms with Crippen molar-refractivity contribution in [3.63, 3.8) is 0 Å². The quantitative estimate of drug-likeness (QED) is 0.768. The van der Waals surface area contributed by atoms with Gasteiger partial charge >= 0.3 is 0 Å². The second-order valence-electron chi connectivity index (χ2n) is 4.06. The highest BCUT2D eigenvalue weighted by molar-refractivity contribution is 5.19. The van der Waals surface area contributed by atoms with Crippen molar-refractivity contribution in [2.75, 3.05) is 5.73 Å². The largest absolute Gasteiger partial charge is 0.381 e. The Morgan fingerprint density at radius 2 is 2.15 bits per heavy atom. The smallest absolute Gasteiger partial charge is 0.165 e. The Bertz CT molecular complexity index is 254. The van der Waals surface area contributed by atoms with Gasteiger partial charge in [-0.05, 0) is 18.3 Å². The Hall–Kier alpha value is -1.06. The van der Waals surface area contributed by atoms with E-state index in [4.69, 9.17) is 5.73 Å². The van der Waals surface area contributed by atoms with Gasteiger partial charge in [0.05, 0.1) is 12.7 Å². The van der Waals surface area contributed by atoms with Crippen molar-refractivity contribution in [1.29, 1.82) is 0 Å². The van der Waals surface area contributed by atoms with Crippen molar-refractivity contribution in [1.82, 2.24) is 15.0 Å². The molecule has 1 rings (SSSR count). The monoisotopic (exact) mass is 182 g/mol. The van der Waals surface area contributed by atoms with Gasteiger partial charge in [0.25, 0.3) is 0 Å². The molecule has 74 valence electrons. The van der Waals surface area contributed by atoms with Gasteiger partial charge in [0.2, 0.25) is 0 Å². The van der Waals surface area contributed by atoms with Gasteiger partial charge in [-0.3, -0.25) is 0 Å². The van der Waals surface area contributed by atoms with Crippen molar-refractivity contribution in [2.24, 2.45) is 11.8 Å². The molecule has 0 aliphatic heterocycles. The van der Waals surface area contributed by atoms with E-state index < -0.39 is 0 Å². The Balaban J connectivity index is 2.40. The summed E-state index contributed by atoms with van der Waals surface area (Å²) in [7, 11) is 0. The first-order chi connectivity index (χ1) is 6.08. The molecule has 1 unspecified atom stereocenters. The summed E-state index contributed by atoms with van der Waals surface area (Å²) in [6.07, 6.45) is 2.78. The molecule has 1 atom stereocenters. The van der Waals surface area contributed by atoms with Crippen molar-refractivity contribution in [2.45, 2.75) is 33.7 Å². The molecule has 2 N–H and O–H groups in total. The Labute approximate surface area is 79.1 Å². The molecule has 1 aromatic rings. The molecule has 0 bridgehead atoms. The average molecular weight is 182 g/mol. The first-order valence-corrected chi connectivity index (χ1v) is 4.73. The minimum absolute atomic E-state index is 0.497. The van der Waals surface area contributed by atoms with Gasteiger partial charge in [-0.1, -0.05) is 20.8 Å². The summed E-state index contributed by atoms with van der Waals surface area (Å²) in [6, 6.07) is 0. The van der Waals surface area contributed by atoms with Crippen LogP contribution in [0.1, 0.15) is 27.2 Å². The number of hydrogen-bond donors (Lipinski definition) is 1. The molecule has 1 aromatic heterocycles. The Morgan fingerprint density at radius 1 is 1.46 bits per heavy atom. The van der Waals surface area contributed by atoms with Crippen molar-refractivity contribution in [3.8, 4) is 0 Å². The van der Waals surface area contributed by atoms with E-state index in [0.29, 0.717) is 11.7 Å². The second-order valence-corrected chi connectivity index (χ2v) is 4.06. The minimum Gasteiger partial charge on any atom is -0.381 e. The van der Waals surface area contributed by atoms with Crippen LogP contribution in [0.2, 0.25) is 0 Å². The fourth-order valence-corrected chi connectivity index (χ4v) is 1.56. The van der Waals surface area contributed by atoms with E-state index in [2.05, 4.69) is 31.0 Å². The number of aromatic nitrogens is 3. The van der Waals surface area contributed by atoms with Crippen LogP contribution in [0.25, 0.3) is 0 Å². The van der Waals surface area contributed by atoms with E-state index in [1.54, 1.807) is 11.0 Å². The van der Waals surface area contributed by atoms with Crippen LogP contribution in [-0.4, -0.2) is 15.0 Å². The fraction of sp³-hybridized carbons (Fsp3) is 0.778. The van der Waals surface area contributed by atoms with E-state index >= 15 is 0 Å². The summed E-state index contributed by atoms with van der Waals surface area (Å²) in [5.74, 6) is 1.83. The molecule has 0 fully saturated rings. The molecule has 0 aliphatic rings. The van der Waals surface area contributed by atoms with Gasteiger partial charge in [0, 0.05) is 0 Å². The van der Waals surface area contributed by atoms with Crippen LogP contribution in [0.15, 0.2) is 6.20 Å². The number of rotatable bonds is 4. The summed E-state index contributed by atoms with van der Waals surface area (Å²) < 4.78 is 0. The lowest BCUT2D eigenvalue weighted by atomic mass is 9.99. The molecule has 0 aliphatic carbocycles. The van der Waals surface area contributed by atoms with Crippen LogP contribution in [0.5, 0.6) is 0 Å². The summed E-state index contributed by atoms with van der Waals surface area (Å²) in [5.41, 5.74) is 5.46. The summed E-state index contributed by atoms with van der Waals surface area (Å²) in [6.45, 7) is 7.51. The van der Waals surface area contributed by atoms with E-state index in [1.165, 1.54) is 6.42 Å². The number of nitrogens with two attached hydrogens (primary N) is 1. The SMILES string of the molecule is CC(C)CC(C)Cn1ncc(N)n1. The molecule has 0 spiro atoms. The average Bonchev–Trinajstić information content (AvgIpc) is 2.33. The normalized spacial score (nSPS) is 13.5. The van der Waals surface area contributed by atoms with Gasteiger partial charge in [0.1, 0.15) is 0 Å². The zero-order chi connectivity index (χ0) is 9.84. The lowest BCUT2D eigenvalue weighted by Gasteiger charge is -2.12. The molecule has 4 nitrogen and oxygen atoms in total. The minimum atomic E-state index is 0.497. The molecular formula is C9H18N4. The highest BCUT2D eigenvalue weighted by Gasteiger charge is 2.07. The topological polar surface area (TPSA) is 56.7 Å². The van der Waals surface area contributed by atoms with Crippen LogP contribution in [-0.2, 0) is 6.54 Å². The van der Waals surface area contributed by atoms with E-state index in [1.807, 2.05) is 0 Å². The van der Waals surface area contributed by atoms with Gasteiger partial charge in [0.15, 0.2) is 5.82 Å². The van der Waals surface area contributed by atoms with E-state index in [-0.39, 0.29) is 0 Å². The maximum atomic E-state index is 5.46. The third-order valence-electron chi connectivity index (χ3n) is 1.90. The van der Waals surface area contributed by atoms with Crippen LogP contribution in [0.3, 0.4) is 0 Å². The summed E-state index contributed by atoms with van der Waals surface area (Å²) in [5, 5.41) is 8.08. The first kappa shape index (κ1) is 10.0. The highest BCUT2D eigenvalue weighted by Crippen LogP contribution is 2.12. The molecule has 4 heteroatoms. The van der Waals surface area contributed by atoms with Crippen LogP contribution >= 0.6 is 0 Å². The number of anilines is 1. The summed E-state index contributed by atoms with van der Waals surface area (Å²) >= 11 is 0. The molecule has 1 heterocycles. The van der Waals surface area contributed by atoms with Crippen molar-refractivity contribution < 1.29 is 0 Å². The van der Waals surface area contributed by atoms with Gasteiger partial charge in [-0.2, -0.15) is 9.90 Å². The standard InChI is InChI=1S/C9H18N4/c1-7(2)4-8(3)6-13-11-5-9(10)12-13/h5,7-8H,4,6H2,1-3H3,(H2,10,12). The molecule has 0 radical (unpaired) electrons. The summed E-state index contributed by atoms with van der Waals surface area (Å²) in [4.78, 5) is 1.67. The third-order valence-corrected chi connectivity index (χ3v) is 1.90. The second kappa shape index (κ2) is 4.25. The molecule has 0 aromatic carbocycles. The van der Waals surface area contributed by atoms with E-state index in [0.717, 1.165) is 12.5 Å². The predicted octanol–water partition coefficient (Wildman–Crippen LogP) is 1.54. The maximum absolute atomic E-state index is 5.46. The zero-order valence-corrected chi connectivity index (χ0v) is 8.57. The Kier molecular flexibility index (Phi) is 3.28. The highest BCUT2D eigenvalue weighted by atomic mass is 15.5. The molecule has 0 saturated carbocycles. The van der Waals surface area contributed by atoms with Crippen molar-refractivity contribution in [3.05, 3.63) is 6.20 Å². The van der Waals surface area contributed by atoms with Crippen LogP contribution in [0, 0.1) is 11.8 Å². The molecule has 0 amide bonds. The molecule has 0 saturated heterocycles. The van der Waals surface area contributed by atoms with Gasteiger partial charge < -0.3 is 5.73 Å². The maximum Gasteiger partial charge on any atom is 0.165 e. The lowest BCUT2D eigenvalue weighted by Crippen LogP contribution is -2.12. The number of nitrogens with zero attached hydrogens (tertiary/aromatic N) is 3. The molecule has 13 heavy (non-hydrogen) atoms. The third kappa shape index (κ3) is 3.44. The van der Waals surface area contributed by atoms with Gasteiger partial charge in [-0.15, -0.1) is 5.10 Å². The van der Waals surface area contributed by atoms with Crippen LogP contribution < -0.4 is 5.73 Å². The molecular weight excluding hydrogens is 164 g/mol. The number of nitrogen functional groups attached to an aromatic ring is 1. The van der Waals surface area contributed by atoms with Gasteiger partial charge in [-0.25, -0.2) is 0 Å². The fourth-order valence-electron chi connectivity index (χ4n) is 1.56. The number of hydrogen-bond acceptors (Lipinski definition) is 3. The lowest BCUT2D eigenvalue weighted by molar-refractivity contribution is 0.352. The van der Waals surface area contributed by atoms with Crippen LogP contribution in [0.4, 0.5) is 5.82 Å². The van der Waals surface area contributed by atoms with Crippen molar-refractivity contribution >= 4 is 5.82 Å². The zero-order valence-electron chi connectivity index (χ0n) is 8.57. The van der Waals surface area contributed by atoms with E-state index in [9.17, 15) is 0 Å². The Morgan fingerprint density at radius 3 is 2.62 bits per heavy atom. The first-order valence-electron chi connectivity index (χ1n) is 4.73. The predicted molar refractivity (Wildman–Crippen MR) is 53.1 cm³/mol.